The summed E-state index contributed by atoms with van der Waals surface area (Å²) >= 11 is 0. The van der Waals surface area contributed by atoms with E-state index in [9.17, 15) is 8.42 Å². The van der Waals surface area contributed by atoms with Crippen LogP contribution in [0.2, 0.25) is 0 Å². The minimum absolute atomic E-state index is 0.208. The summed E-state index contributed by atoms with van der Waals surface area (Å²) < 4.78 is 25.7. The molecule has 0 fully saturated rings. The Kier molecular flexibility index (Phi) is 6.09. The van der Waals surface area contributed by atoms with Gasteiger partial charge in [-0.05, 0) is 36.6 Å². The smallest absolute Gasteiger partial charge is 0.228 e. The summed E-state index contributed by atoms with van der Waals surface area (Å²) in [5.41, 5.74) is 5.20. The molecule has 5 heteroatoms. The molecule has 0 aromatic heterocycles. The van der Waals surface area contributed by atoms with Crippen molar-refractivity contribution in [2.24, 2.45) is 0 Å². The lowest BCUT2D eigenvalue weighted by Crippen LogP contribution is -2.52. The van der Waals surface area contributed by atoms with Crippen molar-refractivity contribution in [2.75, 3.05) is 0 Å². The quantitative estimate of drug-likeness (QED) is 0.444. The van der Waals surface area contributed by atoms with E-state index >= 15 is 0 Å². The Bertz CT molecular complexity index is 976. The summed E-state index contributed by atoms with van der Waals surface area (Å²) in [6, 6.07) is 26.3. The maximum Gasteiger partial charge on any atom is 0.253 e. The molecular formula is C23H24N2O2S. The van der Waals surface area contributed by atoms with Gasteiger partial charge in [-0.3, -0.25) is 0 Å². The molecule has 3 aromatic carbocycles. The molecule has 0 aliphatic carbocycles. The molecule has 0 atom stereocenters. The average Bonchev–Trinajstić information content (AvgIpc) is 2.73. The molecule has 0 amide bonds. The number of benzene rings is 3. The fourth-order valence-electron chi connectivity index (χ4n) is 3.19. The van der Waals surface area contributed by atoms with E-state index in [1.54, 1.807) is 30.3 Å². The second kappa shape index (κ2) is 8.52. The molecule has 3 rings (SSSR count). The van der Waals surface area contributed by atoms with Crippen molar-refractivity contribution >= 4 is 10.0 Å². The average molecular weight is 393 g/mol. The molecule has 144 valence electrons. The number of rotatable bonds is 8. The SMILES string of the molecule is C=CCC(NNS(=O)(=O)c1ccc(C)cc1)(c1ccccc1)c1ccccc1. The minimum atomic E-state index is -3.74. The number of nitrogens with one attached hydrogen (secondary N) is 2. The fourth-order valence-corrected chi connectivity index (χ4v) is 4.11. The van der Waals surface area contributed by atoms with E-state index in [2.05, 4.69) is 16.8 Å². The molecular weight excluding hydrogens is 368 g/mol. The molecule has 0 heterocycles. The third-order valence-electron chi connectivity index (χ3n) is 4.71. The van der Waals surface area contributed by atoms with Crippen LogP contribution in [0.15, 0.2) is 102 Å². The molecule has 0 saturated heterocycles. The molecule has 4 nitrogen and oxygen atoms in total. The van der Waals surface area contributed by atoms with Gasteiger partial charge in [0.2, 0.25) is 0 Å². The van der Waals surface area contributed by atoms with Crippen LogP contribution in [-0.4, -0.2) is 8.42 Å². The van der Waals surface area contributed by atoms with Gasteiger partial charge in [0.25, 0.3) is 10.0 Å². The van der Waals surface area contributed by atoms with Crippen molar-refractivity contribution in [1.29, 1.82) is 0 Å². The highest BCUT2D eigenvalue weighted by atomic mass is 32.2. The highest BCUT2D eigenvalue weighted by Crippen LogP contribution is 2.33. The van der Waals surface area contributed by atoms with Gasteiger partial charge in [-0.25, -0.2) is 13.8 Å². The molecule has 0 radical (unpaired) electrons. The summed E-state index contributed by atoms with van der Waals surface area (Å²) in [5.74, 6) is 0. The Morgan fingerprint density at radius 3 is 1.82 bits per heavy atom. The first-order valence-corrected chi connectivity index (χ1v) is 10.5. The zero-order valence-electron chi connectivity index (χ0n) is 15.8. The summed E-state index contributed by atoms with van der Waals surface area (Å²) in [7, 11) is -3.74. The predicted molar refractivity (Wildman–Crippen MR) is 113 cm³/mol. The zero-order chi connectivity index (χ0) is 20.0. The molecule has 2 N–H and O–H groups in total. The van der Waals surface area contributed by atoms with Gasteiger partial charge in [0.05, 0.1) is 10.4 Å². The van der Waals surface area contributed by atoms with E-state index in [0.717, 1.165) is 16.7 Å². The molecule has 0 spiro atoms. The van der Waals surface area contributed by atoms with E-state index in [0.29, 0.717) is 6.42 Å². The van der Waals surface area contributed by atoms with Crippen molar-refractivity contribution in [1.82, 2.24) is 10.3 Å². The Morgan fingerprint density at radius 1 is 0.857 bits per heavy atom. The van der Waals surface area contributed by atoms with Crippen LogP contribution >= 0.6 is 0 Å². The van der Waals surface area contributed by atoms with Crippen LogP contribution in [-0.2, 0) is 15.6 Å². The Morgan fingerprint density at radius 2 is 1.36 bits per heavy atom. The second-order valence-electron chi connectivity index (χ2n) is 6.67. The van der Waals surface area contributed by atoms with Crippen LogP contribution in [0.5, 0.6) is 0 Å². The van der Waals surface area contributed by atoms with E-state index in [4.69, 9.17) is 0 Å². The summed E-state index contributed by atoms with van der Waals surface area (Å²) in [6.45, 7) is 5.81. The lowest BCUT2D eigenvalue weighted by atomic mass is 9.81. The lowest BCUT2D eigenvalue weighted by Gasteiger charge is -2.35. The lowest BCUT2D eigenvalue weighted by molar-refractivity contribution is 0.382. The van der Waals surface area contributed by atoms with Crippen LogP contribution < -0.4 is 10.3 Å². The predicted octanol–water partition coefficient (Wildman–Crippen LogP) is 4.30. The second-order valence-corrected chi connectivity index (χ2v) is 8.36. The van der Waals surface area contributed by atoms with E-state index in [-0.39, 0.29) is 4.90 Å². The highest BCUT2D eigenvalue weighted by molar-refractivity contribution is 7.89. The monoisotopic (exact) mass is 392 g/mol. The Labute approximate surface area is 167 Å². The number of hydrogen-bond acceptors (Lipinski definition) is 3. The first-order chi connectivity index (χ1) is 13.5. The van der Waals surface area contributed by atoms with Gasteiger partial charge in [-0.2, -0.15) is 0 Å². The van der Waals surface area contributed by atoms with Gasteiger partial charge >= 0.3 is 0 Å². The largest absolute Gasteiger partial charge is 0.253 e. The van der Waals surface area contributed by atoms with E-state index < -0.39 is 15.6 Å². The van der Waals surface area contributed by atoms with Gasteiger partial charge in [0.1, 0.15) is 0 Å². The molecule has 0 aliphatic rings. The van der Waals surface area contributed by atoms with Crippen LogP contribution in [0.25, 0.3) is 0 Å². The van der Waals surface area contributed by atoms with Gasteiger partial charge < -0.3 is 0 Å². The molecule has 0 aliphatic heterocycles. The van der Waals surface area contributed by atoms with Crippen molar-refractivity contribution in [3.63, 3.8) is 0 Å². The zero-order valence-corrected chi connectivity index (χ0v) is 16.6. The number of aryl methyl sites for hydroxylation is 1. The standard InChI is InChI=1S/C23H24N2O2S/c1-3-18-23(20-10-6-4-7-11-20,21-12-8-5-9-13-21)24-25-28(26,27)22-16-14-19(2)15-17-22/h3-17,24-25H,1,18H2,2H3. The maximum atomic E-state index is 12.9. The van der Waals surface area contributed by atoms with Crippen molar-refractivity contribution in [3.05, 3.63) is 114 Å². The molecule has 0 unspecified atom stereocenters. The Balaban J connectivity index is 2.02. The third-order valence-corrected chi connectivity index (χ3v) is 5.98. The summed E-state index contributed by atoms with van der Waals surface area (Å²) in [6.07, 6.45) is 2.28. The van der Waals surface area contributed by atoms with Crippen LogP contribution in [0, 0.1) is 6.92 Å². The van der Waals surface area contributed by atoms with Gasteiger partial charge in [0.15, 0.2) is 0 Å². The van der Waals surface area contributed by atoms with Crippen molar-refractivity contribution < 1.29 is 8.42 Å². The first kappa shape index (κ1) is 20.0. The maximum absolute atomic E-state index is 12.9. The van der Waals surface area contributed by atoms with Gasteiger partial charge in [-0.15, -0.1) is 11.4 Å². The molecule has 0 saturated carbocycles. The number of hydrazine groups is 1. The van der Waals surface area contributed by atoms with Gasteiger partial charge in [-0.1, -0.05) is 84.4 Å². The summed E-state index contributed by atoms with van der Waals surface area (Å²) in [4.78, 5) is 2.80. The summed E-state index contributed by atoms with van der Waals surface area (Å²) in [5, 5.41) is 0. The molecule has 28 heavy (non-hydrogen) atoms. The number of sulfonamides is 1. The topological polar surface area (TPSA) is 58.2 Å². The third kappa shape index (κ3) is 4.22. The van der Waals surface area contributed by atoms with Crippen molar-refractivity contribution in [2.45, 2.75) is 23.8 Å². The minimum Gasteiger partial charge on any atom is -0.228 e. The Hall–Kier alpha value is -2.73. The molecule has 0 bridgehead atoms. The first-order valence-electron chi connectivity index (χ1n) is 9.05. The van der Waals surface area contributed by atoms with Gasteiger partial charge in [0, 0.05) is 0 Å². The van der Waals surface area contributed by atoms with E-state index in [1.165, 1.54) is 0 Å². The highest BCUT2D eigenvalue weighted by Gasteiger charge is 2.34. The fraction of sp³-hybridized carbons (Fsp3) is 0.130. The molecule has 3 aromatic rings. The van der Waals surface area contributed by atoms with Crippen LogP contribution in [0.3, 0.4) is 0 Å². The van der Waals surface area contributed by atoms with Crippen molar-refractivity contribution in [3.8, 4) is 0 Å². The van der Waals surface area contributed by atoms with Crippen LogP contribution in [0.4, 0.5) is 0 Å². The number of hydrogen-bond donors (Lipinski definition) is 2. The van der Waals surface area contributed by atoms with E-state index in [1.807, 2.05) is 67.6 Å². The normalized spacial score (nSPS) is 11.9. The van der Waals surface area contributed by atoms with Crippen LogP contribution in [0.1, 0.15) is 23.1 Å².